The normalized spacial score (nSPS) is 17.8. The van der Waals surface area contributed by atoms with Crippen molar-refractivity contribution >= 4 is 5.91 Å². The lowest BCUT2D eigenvalue weighted by atomic mass is 10.0. The predicted octanol–water partition coefficient (Wildman–Crippen LogP) is 1.20. The van der Waals surface area contributed by atoms with Gasteiger partial charge in [-0.2, -0.15) is 0 Å². The average Bonchev–Trinajstić information content (AvgIpc) is 3.11. The number of tetrazole rings is 1. The van der Waals surface area contributed by atoms with Crippen LogP contribution in [0.1, 0.15) is 55.8 Å². The molecule has 1 N–H and O–H groups in total. The number of amides is 1. The van der Waals surface area contributed by atoms with E-state index in [1.54, 1.807) is 4.68 Å². The largest absolute Gasteiger partial charge is 0.359 e. The monoisotopic (exact) mass is 304 g/mol. The van der Waals surface area contributed by atoms with Crippen molar-refractivity contribution in [2.75, 3.05) is 0 Å². The summed E-state index contributed by atoms with van der Waals surface area (Å²) in [6.07, 6.45) is 4.64. The number of nitrogens with one attached hydrogen (secondary N) is 1. The van der Waals surface area contributed by atoms with Crippen molar-refractivity contribution in [3.63, 3.8) is 0 Å². The number of rotatable bonds is 5. The van der Waals surface area contributed by atoms with Crippen molar-refractivity contribution in [1.29, 1.82) is 0 Å². The van der Waals surface area contributed by atoms with Crippen molar-refractivity contribution in [3.8, 4) is 0 Å². The maximum absolute atomic E-state index is 12.4. The Balaban J connectivity index is 1.62. The van der Waals surface area contributed by atoms with Crippen LogP contribution in [-0.4, -0.2) is 31.3 Å². The molecule has 8 heteroatoms. The van der Waals surface area contributed by atoms with Crippen molar-refractivity contribution in [2.45, 2.75) is 58.0 Å². The third-order valence-electron chi connectivity index (χ3n) is 3.85. The first kappa shape index (κ1) is 14.7. The Morgan fingerprint density at radius 2 is 2.41 bits per heavy atom. The Morgan fingerprint density at radius 1 is 1.50 bits per heavy atom. The summed E-state index contributed by atoms with van der Waals surface area (Å²) in [4.78, 5) is 12.4. The Hall–Kier alpha value is -2.25. The van der Waals surface area contributed by atoms with E-state index in [0.29, 0.717) is 18.1 Å². The highest BCUT2D eigenvalue weighted by molar-refractivity contribution is 5.82. The molecule has 1 amide bonds. The van der Waals surface area contributed by atoms with E-state index < -0.39 is 0 Å². The van der Waals surface area contributed by atoms with Gasteiger partial charge in [0, 0.05) is 12.6 Å². The van der Waals surface area contributed by atoms with E-state index in [9.17, 15) is 4.79 Å². The zero-order valence-electron chi connectivity index (χ0n) is 12.7. The summed E-state index contributed by atoms with van der Waals surface area (Å²) in [6.45, 7) is 3.20. The fourth-order valence-corrected chi connectivity index (χ4v) is 2.72. The highest BCUT2D eigenvalue weighted by Gasteiger charge is 2.28. The number of fused-ring (bicyclic) bond motifs is 1. The molecule has 0 spiro atoms. The van der Waals surface area contributed by atoms with Crippen LogP contribution in [-0.2, 0) is 24.3 Å². The van der Waals surface area contributed by atoms with Gasteiger partial charge in [-0.05, 0) is 29.7 Å². The molecule has 0 radical (unpaired) electrons. The molecular weight excluding hydrogens is 284 g/mol. The SMILES string of the molecule is CCCc1cc(CNC(=O)[C@H]2CCCCn3nnnc32)on1. The summed E-state index contributed by atoms with van der Waals surface area (Å²) in [5.74, 6) is 0.964. The molecule has 3 heterocycles. The summed E-state index contributed by atoms with van der Waals surface area (Å²) in [6, 6.07) is 1.89. The van der Waals surface area contributed by atoms with Gasteiger partial charge in [-0.15, -0.1) is 5.10 Å². The second-order valence-electron chi connectivity index (χ2n) is 5.56. The van der Waals surface area contributed by atoms with Gasteiger partial charge in [-0.1, -0.05) is 24.9 Å². The molecule has 2 aromatic rings. The first-order valence-electron chi connectivity index (χ1n) is 7.76. The topological polar surface area (TPSA) is 98.7 Å². The third kappa shape index (κ3) is 3.15. The predicted molar refractivity (Wildman–Crippen MR) is 76.8 cm³/mol. The maximum Gasteiger partial charge on any atom is 0.231 e. The van der Waals surface area contributed by atoms with Gasteiger partial charge in [-0.3, -0.25) is 4.79 Å². The van der Waals surface area contributed by atoms with Gasteiger partial charge in [-0.25, -0.2) is 4.68 Å². The van der Waals surface area contributed by atoms with Gasteiger partial charge < -0.3 is 9.84 Å². The van der Waals surface area contributed by atoms with Crippen LogP contribution in [0.4, 0.5) is 0 Å². The number of carbonyl (C=O) groups excluding carboxylic acids is 1. The van der Waals surface area contributed by atoms with Crippen LogP contribution in [0.15, 0.2) is 10.6 Å². The van der Waals surface area contributed by atoms with Crippen molar-refractivity contribution < 1.29 is 9.32 Å². The van der Waals surface area contributed by atoms with Crippen LogP contribution in [0.3, 0.4) is 0 Å². The highest BCUT2D eigenvalue weighted by atomic mass is 16.5. The maximum atomic E-state index is 12.4. The van der Waals surface area contributed by atoms with E-state index in [-0.39, 0.29) is 11.8 Å². The summed E-state index contributed by atoms with van der Waals surface area (Å²) in [5.41, 5.74) is 0.921. The minimum Gasteiger partial charge on any atom is -0.359 e. The third-order valence-corrected chi connectivity index (χ3v) is 3.85. The van der Waals surface area contributed by atoms with Gasteiger partial charge >= 0.3 is 0 Å². The van der Waals surface area contributed by atoms with E-state index in [4.69, 9.17) is 4.52 Å². The lowest BCUT2D eigenvalue weighted by Crippen LogP contribution is -2.30. The van der Waals surface area contributed by atoms with Crippen LogP contribution >= 0.6 is 0 Å². The van der Waals surface area contributed by atoms with Gasteiger partial charge in [0.25, 0.3) is 0 Å². The van der Waals surface area contributed by atoms with E-state index in [1.807, 2.05) is 6.07 Å². The molecule has 22 heavy (non-hydrogen) atoms. The molecular formula is C14H20N6O2. The fourth-order valence-electron chi connectivity index (χ4n) is 2.72. The molecule has 0 saturated heterocycles. The second-order valence-corrected chi connectivity index (χ2v) is 5.56. The number of hydrogen-bond acceptors (Lipinski definition) is 6. The second kappa shape index (κ2) is 6.67. The quantitative estimate of drug-likeness (QED) is 0.891. The first-order chi connectivity index (χ1) is 10.8. The summed E-state index contributed by atoms with van der Waals surface area (Å²) < 4.78 is 6.95. The molecule has 8 nitrogen and oxygen atoms in total. The number of hydrogen-bond donors (Lipinski definition) is 1. The van der Waals surface area contributed by atoms with E-state index in [2.05, 4.69) is 32.9 Å². The molecule has 2 aromatic heterocycles. The first-order valence-corrected chi connectivity index (χ1v) is 7.76. The van der Waals surface area contributed by atoms with Crippen molar-refractivity contribution in [3.05, 3.63) is 23.3 Å². The lowest BCUT2D eigenvalue weighted by molar-refractivity contribution is -0.123. The molecule has 118 valence electrons. The van der Waals surface area contributed by atoms with Crippen molar-refractivity contribution in [2.24, 2.45) is 0 Å². The smallest absolute Gasteiger partial charge is 0.231 e. The molecule has 0 fully saturated rings. The Morgan fingerprint density at radius 3 is 3.27 bits per heavy atom. The summed E-state index contributed by atoms with van der Waals surface area (Å²) >= 11 is 0. The Kier molecular flexibility index (Phi) is 4.45. The number of aromatic nitrogens is 5. The molecule has 0 bridgehead atoms. The van der Waals surface area contributed by atoms with Crippen molar-refractivity contribution in [1.82, 2.24) is 30.7 Å². The van der Waals surface area contributed by atoms with E-state index >= 15 is 0 Å². The van der Waals surface area contributed by atoms with Gasteiger partial charge in [0.15, 0.2) is 11.6 Å². The molecule has 0 unspecified atom stereocenters. The molecule has 1 aliphatic heterocycles. The molecule has 1 atom stereocenters. The van der Waals surface area contributed by atoms with E-state index in [0.717, 1.165) is 44.3 Å². The number of carbonyl (C=O) groups is 1. The number of nitrogens with zero attached hydrogens (tertiary/aromatic N) is 5. The average molecular weight is 304 g/mol. The minimum absolute atomic E-state index is 0.0635. The van der Waals surface area contributed by atoms with E-state index in [1.165, 1.54) is 0 Å². The molecule has 0 aliphatic carbocycles. The summed E-state index contributed by atoms with van der Waals surface area (Å²) in [7, 11) is 0. The molecule has 3 rings (SSSR count). The molecule has 1 aliphatic rings. The van der Waals surface area contributed by atoms with Gasteiger partial charge in [0.05, 0.1) is 18.2 Å². The zero-order chi connectivity index (χ0) is 15.4. The van der Waals surface area contributed by atoms with Crippen LogP contribution < -0.4 is 5.32 Å². The van der Waals surface area contributed by atoms with Crippen LogP contribution in [0.5, 0.6) is 0 Å². The molecule has 0 aromatic carbocycles. The van der Waals surface area contributed by atoms with Crippen LogP contribution in [0.25, 0.3) is 0 Å². The minimum atomic E-state index is -0.296. The number of aryl methyl sites for hydroxylation is 2. The van der Waals surface area contributed by atoms with Crippen LogP contribution in [0.2, 0.25) is 0 Å². The van der Waals surface area contributed by atoms with Gasteiger partial charge in [0.1, 0.15) is 0 Å². The van der Waals surface area contributed by atoms with Gasteiger partial charge in [0.2, 0.25) is 5.91 Å². The zero-order valence-corrected chi connectivity index (χ0v) is 12.7. The lowest BCUT2D eigenvalue weighted by Gasteiger charge is -2.12. The standard InChI is InChI=1S/C14H20N6O2/c1-2-5-10-8-11(22-17-10)9-15-14(21)12-6-3-4-7-20-13(12)16-18-19-20/h8,12H,2-7,9H2,1H3,(H,15,21)/t12-/m0/s1. The summed E-state index contributed by atoms with van der Waals surface area (Å²) in [5, 5.41) is 18.5. The molecule has 0 saturated carbocycles. The Labute approximate surface area is 128 Å². The highest BCUT2D eigenvalue weighted by Crippen LogP contribution is 2.24. The van der Waals surface area contributed by atoms with Crippen LogP contribution in [0, 0.1) is 0 Å². The Bertz CT molecular complexity index is 635. The fraction of sp³-hybridized carbons (Fsp3) is 0.643.